The van der Waals surface area contributed by atoms with Crippen molar-refractivity contribution in [2.75, 3.05) is 0 Å². The number of benzene rings is 7. The van der Waals surface area contributed by atoms with Crippen molar-refractivity contribution in [3.8, 4) is 33.4 Å². The number of allylic oxidation sites excluding steroid dienone is 4. The monoisotopic (exact) mass is 623 g/mol. The molecule has 230 valence electrons. The predicted octanol–water partition coefficient (Wildman–Crippen LogP) is 13.1. The van der Waals surface area contributed by atoms with Crippen molar-refractivity contribution < 1.29 is 0 Å². The summed E-state index contributed by atoms with van der Waals surface area (Å²) in [5, 5.41) is 5.06. The van der Waals surface area contributed by atoms with Crippen molar-refractivity contribution in [2.45, 2.75) is 0 Å². The van der Waals surface area contributed by atoms with E-state index >= 15 is 0 Å². The zero-order valence-electron chi connectivity index (χ0n) is 27.1. The molecule has 0 saturated heterocycles. The number of hydrogen-bond acceptors (Lipinski definition) is 0. The van der Waals surface area contributed by atoms with Gasteiger partial charge in [-0.25, -0.2) is 0 Å². The molecule has 0 aliphatic carbocycles. The average Bonchev–Trinajstić information content (AvgIpc) is 3.68. The Bertz CT molecular complexity index is 2690. The first-order valence-electron chi connectivity index (χ1n) is 16.8. The fraction of sp³-hybridized carbons (Fsp3) is 0. The summed E-state index contributed by atoms with van der Waals surface area (Å²) in [6, 6.07) is 58.9. The van der Waals surface area contributed by atoms with Crippen LogP contribution < -0.4 is 0 Å². The van der Waals surface area contributed by atoms with E-state index in [2.05, 4.69) is 199 Å². The summed E-state index contributed by atoms with van der Waals surface area (Å²) in [6.07, 6.45) is 8.43. The molecule has 0 atom stereocenters. The van der Waals surface area contributed by atoms with Gasteiger partial charge in [-0.15, -0.1) is 0 Å². The summed E-state index contributed by atoms with van der Waals surface area (Å²) in [4.78, 5) is 0. The summed E-state index contributed by atoms with van der Waals surface area (Å²) >= 11 is 0. The predicted molar refractivity (Wildman–Crippen MR) is 211 cm³/mol. The van der Waals surface area contributed by atoms with Crippen LogP contribution in [0.3, 0.4) is 0 Å². The molecule has 9 rings (SSSR count). The maximum atomic E-state index is 4.46. The molecular weight excluding hydrogens is 591 g/mol. The van der Waals surface area contributed by atoms with Gasteiger partial charge in [-0.1, -0.05) is 152 Å². The molecule has 2 aromatic heterocycles. The molecule has 0 saturated carbocycles. The lowest BCUT2D eigenvalue weighted by molar-refractivity contribution is 1.37. The Hall–Kier alpha value is -6.44. The lowest BCUT2D eigenvalue weighted by Gasteiger charge is -2.06. The first-order chi connectivity index (χ1) is 24.2. The Morgan fingerprint density at radius 2 is 0.959 bits per heavy atom. The van der Waals surface area contributed by atoms with Crippen molar-refractivity contribution >= 4 is 49.7 Å². The van der Waals surface area contributed by atoms with E-state index < -0.39 is 0 Å². The van der Waals surface area contributed by atoms with Crippen molar-refractivity contribution in [2.24, 2.45) is 0 Å². The Balaban J connectivity index is 1.11. The van der Waals surface area contributed by atoms with Crippen LogP contribution in [0.4, 0.5) is 0 Å². The summed E-state index contributed by atoms with van der Waals surface area (Å²) in [6.45, 7) is 4.46. The molecule has 1 nitrogen and oxygen atoms in total. The molecular formula is C48H33N. The fourth-order valence-corrected chi connectivity index (χ4v) is 7.24. The normalized spacial score (nSPS) is 12.0. The van der Waals surface area contributed by atoms with Crippen LogP contribution in [0.5, 0.6) is 0 Å². The number of aromatic nitrogens is 1. The molecule has 7 aromatic carbocycles. The standard InChI is InChI=1S/C48H33N/c1-33(14-11-12-15-34-16-13-23-39(28-34)35-17-5-2-6-18-35)38-24-26-46-42(29-38)44-31-41(37-21-9-4-10-22-37)32-45-43-30-40(36-19-7-3-8-20-36)25-27-47(43)49(46)48(44)45/h2-32H,1H2/b14-11-,15-12+. The molecule has 1 heteroatoms. The number of fused-ring (bicyclic) bond motifs is 6. The second kappa shape index (κ2) is 12.0. The Kier molecular flexibility index (Phi) is 7.03. The molecule has 0 bridgehead atoms. The maximum absolute atomic E-state index is 4.46. The van der Waals surface area contributed by atoms with Gasteiger partial charge in [0.1, 0.15) is 0 Å². The van der Waals surface area contributed by atoms with Crippen molar-refractivity contribution in [1.82, 2.24) is 4.40 Å². The minimum absolute atomic E-state index is 0.981. The van der Waals surface area contributed by atoms with Gasteiger partial charge in [0.2, 0.25) is 0 Å². The van der Waals surface area contributed by atoms with Gasteiger partial charge < -0.3 is 4.40 Å². The molecule has 0 radical (unpaired) electrons. The van der Waals surface area contributed by atoms with E-state index in [1.165, 1.54) is 77.0 Å². The molecule has 49 heavy (non-hydrogen) atoms. The maximum Gasteiger partial charge on any atom is 0.0620 e. The molecule has 0 unspecified atom stereocenters. The number of nitrogens with zero attached hydrogens (tertiary/aromatic N) is 1. The van der Waals surface area contributed by atoms with E-state index in [1.807, 2.05) is 0 Å². The molecule has 0 aliphatic heterocycles. The third-order valence-corrected chi connectivity index (χ3v) is 9.66. The first kappa shape index (κ1) is 28.8. The Morgan fingerprint density at radius 3 is 1.61 bits per heavy atom. The van der Waals surface area contributed by atoms with Crippen LogP contribution in [0.15, 0.2) is 189 Å². The molecule has 0 fully saturated rings. The second-order valence-electron chi connectivity index (χ2n) is 12.7. The van der Waals surface area contributed by atoms with Gasteiger partial charge in [0.05, 0.1) is 16.6 Å². The molecule has 0 N–H and O–H groups in total. The van der Waals surface area contributed by atoms with E-state index in [4.69, 9.17) is 0 Å². The first-order valence-corrected chi connectivity index (χ1v) is 16.8. The molecule has 2 heterocycles. The Labute approximate surface area is 286 Å². The quantitative estimate of drug-likeness (QED) is 0.156. The van der Waals surface area contributed by atoms with Crippen LogP contribution in [0, 0.1) is 0 Å². The summed E-state index contributed by atoms with van der Waals surface area (Å²) < 4.78 is 2.45. The molecule has 0 spiro atoms. The summed E-state index contributed by atoms with van der Waals surface area (Å²) in [5.74, 6) is 0. The van der Waals surface area contributed by atoms with Crippen LogP contribution >= 0.6 is 0 Å². The minimum atomic E-state index is 0.981. The minimum Gasteiger partial charge on any atom is -0.308 e. The molecule has 9 aromatic rings. The highest BCUT2D eigenvalue weighted by atomic mass is 14.9. The smallest absolute Gasteiger partial charge is 0.0620 e. The Morgan fingerprint density at radius 1 is 0.429 bits per heavy atom. The lowest BCUT2D eigenvalue weighted by atomic mass is 9.97. The van der Waals surface area contributed by atoms with Crippen molar-refractivity contribution in [1.29, 1.82) is 0 Å². The summed E-state index contributed by atoms with van der Waals surface area (Å²) in [7, 11) is 0. The van der Waals surface area contributed by atoms with Gasteiger partial charge in [-0.05, 0) is 92.5 Å². The SMILES string of the molecule is C=C(/C=C\C=C\c1cccc(-c2ccccc2)c1)c1ccc2c(c1)c1cc(-c3ccccc3)cc3c4cc(-c5ccccc5)ccc4n2c13. The highest BCUT2D eigenvalue weighted by molar-refractivity contribution is 6.25. The zero-order valence-corrected chi connectivity index (χ0v) is 27.1. The van der Waals surface area contributed by atoms with Crippen LogP contribution in [0.1, 0.15) is 11.1 Å². The molecule has 0 amide bonds. The van der Waals surface area contributed by atoms with Gasteiger partial charge in [0, 0.05) is 21.5 Å². The topological polar surface area (TPSA) is 4.41 Å². The van der Waals surface area contributed by atoms with Crippen molar-refractivity contribution in [3.63, 3.8) is 0 Å². The van der Waals surface area contributed by atoms with Gasteiger partial charge in [-0.3, -0.25) is 0 Å². The van der Waals surface area contributed by atoms with Crippen molar-refractivity contribution in [3.05, 3.63) is 200 Å². The highest BCUT2D eigenvalue weighted by Gasteiger charge is 2.20. The third-order valence-electron chi connectivity index (χ3n) is 9.66. The van der Waals surface area contributed by atoms with E-state index in [0.717, 1.165) is 11.1 Å². The molecule has 0 aliphatic rings. The largest absolute Gasteiger partial charge is 0.308 e. The number of rotatable bonds is 7. The van der Waals surface area contributed by atoms with E-state index in [1.54, 1.807) is 0 Å². The van der Waals surface area contributed by atoms with Gasteiger partial charge >= 0.3 is 0 Å². The van der Waals surface area contributed by atoms with Crippen LogP contribution in [0.25, 0.3) is 83.1 Å². The van der Waals surface area contributed by atoms with E-state index in [9.17, 15) is 0 Å². The highest BCUT2D eigenvalue weighted by Crippen LogP contribution is 2.43. The lowest BCUT2D eigenvalue weighted by Crippen LogP contribution is -1.84. The van der Waals surface area contributed by atoms with Gasteiger partial charge in [0.15, 0.2) is 0 Å². The van der Waals surface area contributed by atoms with Gasteiger partial charge in [-0.2, -0.15) is 0 Å². The zero-order chi connectivity index (χ0) is 32.7. The number of hydrogen-bond donors (Lipinski definition) is 0. The van der Waals surface area contributed by atoms with Crippen LogP contribution in [-0.4, -0.2) is 4.40 Å². The summed E-state index contributed by atoms with van der Waals surface area (Å²) in [5.41, 5.74) is 14.3. The van der Waals surface area contributed by atoms with Crippen LogP contribution in [-0.2, 0) is 0 Å². The van der Waals surface area contributed by atoms with Gasteiger partial charge in [0.25, 0.3) is 0 Å². The second-order valence-corrected chi connectivity index (χ2v) is 12.7. The van der Waals surface area contributed by atoms with E-state index in [-0.39, 0.29) is 0 Å². The average molecular weight is 624 g/mol. The van der Waals surface area contributed by atoms with Crippen LogP contribution in [0.2, 0.25) is 0 Å². The fourth-order valence-electron chi connectivity index (χ4n) is 7.24. The third kappa shape index (κ3) is 5.13. The van der Waals surface area contributed by atoms with E-state index in [0.29, 0.717) is 0 Å².